The quantitative estimate of drug-likeness (QED) is 0.780. The van der Waals surface area contributed by atoms with E-state index in [2.05, 4.69) is 14.8 Å². The summed E-state index contributed by atoms with van der Waals surface area (Å²) >= 11 is 0. The van der Waals surface area contributed by atoms with E-state index in [-0.39, 0.29) is 0 Å². The second kappa shape index (κ2) is 6.21. The van der Waals surface area contributed by atoms with E-state index >= 15 is 0 Å². The molecule has 0 amide bonds. The summed E-state index contributed by atoms with van der Waals surface area (Å²) in [6.45, 7) is 0.380. The van der Waals surface area contributed by atoms with E-state index in [9.17, 15) is 8.42 Å². The lowest BCUT2D eigenvalue weighted by molar-refractivity contribution is 0.606. The summed E-state index contributed by atoms with van der Waals surface area (Å²) in [6.07, 6.45) is 4.59. The summed E-state index contributed by atoms with van der Waals surface area (Å²) in [4.78, 5) is 4.25. The number of rotatable bonds is 5. The number of benzene rings is 1. The second-order valence-corrected chi connectivity index (χ2v) is 6.88. The van der Waals surface area contributed by atoms with Gasteiger partial charge in [-0.25, -0.2) is 8.42 Å². The molecule has 0 aliphatic heterocycles. The average Bonchev–Trinajstić information content (AvgIpc) is 2.97. The number of hydrogen-bond acceptors (Lipinski definition) is 4. The molecule has 6 nitrogen and oxygen atoms in total. The van der Waals surface area contributed by atoms with Gasteiger partial charge in [-0.1, -0.05) is 30.3 Å². The van der Waals surface area contributed by atoms with E-state index in [1.165, 1.54) is 0 Å². The predicted octanol–water partition coefficient (Wildman–Crippen LogP) is 2.36. The number of pyridine rings is 1. The van der Waals surface area contributed by atoms with Gasteiger partial charge in [0.25, 0.3) is 0 Å². The van der Waals surface area contributed by atoms with Crippen LogP contribution in [-0.4, -0.2) is 29.4 Å². The molecule has 0 atom stereocenters. The van der Waals surface area contributed by atoms with Crippen molar-refractivity contribution >= 4 is 15.7 Å². The first-order valence-electron chi connectivity index (χ1n) is 7.02. The Labute approximate surface area is 134 Å². The molecule has 2 aromatic heterocycles. The lowest BCUT2D eigenvalue weighted by Gasteiger charge is -2.09. The summed E-state index contributed by atoms with van der Waals surface area (Å²) in [6, 6.07) is 15.1. The van der Waals surface area contributed by atoms with Crippen LogP contribution in [0, 0.1) is 0 Å². The van der Waals surface area contributed by atoms with Crippen LogP contribution in [0.3, 0.4) is 0 Å². The first-order valence-corrected chi connectivity index (χ1v) is 8.91. The summed E-state index contributed by atoms with van der Waals surface area (Å²) in [5.74, 6) is 0. The first-order chi connectivity index (χ1) is 11.0. The van der Waals surface area contributed by atoms with Crippen LogP contribution in [0.2, 0.25) is 0 Å². The molecule has 0 aliphatic rings. The van der Waals surface area contributed by atoms with Crippen LogP contribution in [0.1, 0.15) is 5.69 Å². The van der Waals surface area contributed by atoms with Crippen molar-refractivity contribution in [3.8, 4) is 11.3 Å². The summed E-state index contributed by atoms with van der Waals surface area (Å²) < 4.78 is 27.1. The van der Waals surface area contributed by atoms with Crippen LogP contribution in [-0.2, 0) is 16.6 Å². The molecule has 1 aromatic carbocycles. The van der Waals surface area contributed by atoms with Crippen molar-refractivity contribution in [3.05, 3.63) is 66.6 Å². The zero-order chi connectivity index (χ0) is 16.3. The van der Waals surface area contributed by atoms with Crippen molar-refractivity contribution in [1.82, 2.24) is 14.8 Å². The zero-order valence-corrected chi connectivity index (χ0v) is 13.4. The number of nitrogens with one attached hydrogen (secondary N) is 1. The topological polar surface area (TPSA) is 76.9 Å². The summed E-state index contributed by atoms with van der Waals surface area (Å²) in [7, 11) is -3.35. The number of nitrogens with zero attached hydrogens (tertiary/aromatic N) is 3. The van der Waals surface area contributed by atoms with Crippen molar-refractivity contribution in [2.75, 3.05) is 11.0 Å². The second-order valence-electron chi connectivity index (χ2n) is 5.14. The molecular weight excluding hydrogens is 312 g/mol. The molecule has 23 heavy (non-hydrogen) atoms. The molecule has 0 bridgehead atoms. The number of aromatic nitrogens is 3. The van der Waals surface area contributed by atoms with Crippen molar-refractivity contribution < 1.29 is 8.42 Å². The largest absolute Gasteiger partial charge is 0.282 e. The summed E-state index contributed by atoms with van der Waals surface area (Å²) in [5, 5.41) is 4.51. The first kappa shape index (κ1) is 15.2. The fraction of sp³-hybridized carbons (Fsp3) is 0.125. The third-order valence-electron chi connectivity index (χ3n) is 3.21. The van der Waals surface area contributed by atoms with Gasteiger partial charge >= 0.3 is 0 Å². The third kappa shape index (κ3) is 3.95. The highest BCUT2D eigenvalue weighted by Gasteiger charge is 2.10. The maximum Gasteiger partial charge on any atom is 0.229 e. The molecule has 0 radical (unpaired) electrons. The molecule has 0 aliphatic carbocycles. The van der Waals surface area contributed by atoms with E-state index in [1.54, 1.807) is 23.0 Å². The molecule has 0 saturated carbocycles. The fourth-order valence-corrected chi connectivity index (χ4v) is 2.81. The lowest BCUT2D eigenvalue weighted by atomic mass is 10.2. The molecule has 3 rings (SSSR count). The van der Waals surface area contributed by atoms with E-state index in [1.807, 2.05) is 42.6 Å². The monoisotopic (exact) mass is 328 g/mol. The van der Waals surface area contributed by atoms with Crippen LogP contribution in [0.15, 0.2) is 60.9 Å². The molecule has 0 unspecified atom stereocenters. The minimum Gasteiger partial charge on any atom is -0.282 e. The minimum absolute atomic E-state index is 0.380. The van der Waals surface area contributed by atoms with Crippen molar-refractivity contribution in [2.24, 2.45) is 0 Å². The van der Waals surface area contributed by atoms with Gasteiger partial charge in [0.2, 0.25) is 10.0 Å². The van der Waals surface area contributed by atoms with Gasteiger partial charge in [0.05, 0.1) is 29.9 Å². The van der Waals surface area contributed by atoms with E-state index in [0.29, 0.717) is 17.9 Å². The van der Waals surface area contributed by atoms with Crippen LogP contribution in [0.25, 0.3) is 11.3 Å². The molecule has 0 saturated heterocycles. The fourth-order valence-electron chi connectivity index (χ4n) is 2.22. The Morgan fingerprint density at radius 2 is 1.87 bits per heavy atom. The average molecular weight is 328 g/mol. The van der Waals surface area contributed by atoms with Crippen molar-refractivity contribution in [3.63, 3.8) is 0 Å². The Hall–Kier alpha value is -2.67. The number of sulfonamides is 1. The van der Waals surface area contributed by atoms with Gasteiger partial charge in [-0.2, -0.15) is 5.10 Å². The van der Waals surface area contributed by atoms with Gasteiger partial charge in [-0.05, 0) is 18.2 Å². The van der Waals surface area contributed by atoms with Gasteiger partial charge < -0.3 is 0 Å². The SMILES string of the molecule is CS(=O)(=O)Nc1cccnc1Cn1ccc(-c2ccccc2)n1. The molecule has 0 fully saturated rings. The van der Waals surface area contributed by atoms with Gasteiger partial charge in [-0.15, -0.1) is 0 Å². The lowest BCUT2D eigenvalue weighted by Crippen LogP contribution is -2.13. The molecule has 0 spiro atoms. The smallest absolute Gasteiger partial charge is 0.229 e. The maximum atomic E-state index is 11.4. The van der Waals surface area contributed by atoms with Gasteiger partial charge in [-0.3, -0.25) is 14.4 Å². The number of anilines is 1. The minimum atomic E-state index is -3.35. The molecular formula is C16H16N4O2S. The highest BCUT2D eigenvalue weighted by Crippen LogP contribution is 2.18. The van der Waals surface area contributed by atoms with Gasteiger partial charge in [0.1, 0.15) is 0 Å². The van der Waals surface area contributed by atoms with E-state index in [4.69, 9.17) is 0 Å². The van der Waals surface area contributed by atoms with Crippen molar-refractivity contribution in [1.29, 1.82) is 0 Å². The Balaban J connectivity index is 1.85. The highest BCUT2D eigenvalue weighted by atomic mass is 32.2. The van der Waals surface area contributed by atoms with Gasteiger partial charge in [0.15, 0.2) is 0 Å². The van der Waals surface area contributed by atoms with Gasteiger partial charge in [0, 0.05) is 18.0 Å². The molecule has 2 heterocycles. The normalized spacial score (nSPS) is 11.3. The Morgan fingerprint density at radius 1 is 1.09 bits per heavy atom. The Morgan fingerprint density at radius 3 is 2.61 bits per heavy atom. The van der Waals surface area contributed by atoms with Crippen molar-refractivity contribution in [2.45, 2.75) is 6.54 Å². The van der Waals surface area contributed by atoms with Crippen LogP contribution >= 0.6 is 0 Å². The van der Waals surface area contributed by atoms with Crippen LogP contribution < -0.4 is 4.72 Å². The summed E-state index contributed by atoms with van der Waals surface area (Å²) in [5.41, 5.74) is 2.97. The van der Waals surface area contributed by atoms with Crippen LogP contribution in [0.4, 0.5) is 5.69 Å². The van der Waals surface area contributed by atoms with Crippen LogP contribution in [0.5, 0.6) is 0 Å². The Kier molecular flexibility index (Phi) is 4.12. The highest BCUT2D eigenvalue weighted by molar-refractivity contribution is 7.92. The molecule has 118 valence electrons. The predicted molar refractivity (Wildman–Crippen MR) is 89.5 cm³/mol. The number of hydrogen-bond donors (Lipinski definition) is 1. The Bertz CT molecular complexity index is 905. The van der Waals surface area contributed by atoms with E-state index < -0.39 is 10.0 Å². The zero-order valence-electron chi connectivity index (χ0n) is 12.5. The molecule has 1 N–H and O–H groups in total. The van der Waals surface area contributed by atoms with E-state index in [0.717, 1.165) is 17.5 Å². The third-order valence-corrected chi connectivity index (χ3v) is 3.80. The molecule has 7 heteroatoms. The standard InChI is InChI=1S/C16H16N4O2S/c1-23(21,22)19-15-8-5-10-17-16(15)12-20-11-9-14(18-20)13-6-3-2-4-7-13/h2-11,19H,12H2,1H3. The molecule has 3 aromatic rings. The maximum absolute atomic E-state index is 11.4.